The Morgan fingerprint density at radius 2 is 2.36 bits per heavy atom. The molecule has 2 rings (SSSR count). The molecule has 4 heteroatoms. The maximum absolute atomic E-state index is 5.65. The summed E-state index contributed by atoms with van der Waals surface area (Å²) in [5.41, 5.74) is 5.52. The molecule has 0 spiro atoms. The van der Waals surface area contributed by atoms with Crippen molar-refractivity contribution in [3.63, 3.8) is 0 Å². The molecule has 2 saturated heterocycles. The summed E-state index contributed by atoms with van der Waals surface area (Å²) in [6.45, 7) is 2.44. The van der Waals surface area contributed by atoms with Crippen molar-refractivity contribution >= 4 is 0 Å². The average molecular weight is 200 g/mol. The largest absolute Gasteiger partial charge is 0.350 e. The zero-order chi connectivity index (χ0) is 9.97. The highest BCUT2D eigenvalue weighted by Gasteiger charge is 2.30. The molecule has 3 atom stereocenters. The second kappa shape index (κ2) is 4.57. The first-order valence-corrected chi connectivity index (χ1v) is 5.47. The molecule has 2 heterocycles. The summed E-state index contributed by atoms with van der Waals surface area (Å²) in [4.78, 5) is 2.39. The predicted octanol–water partition coefficient (Wildman–Crippen LogP) is 0.171. The Kier molecular flexibility index (Phi) is 3.38. The molecule has 4 nitrogen and oxygen atoms in total. The number of nitrogens with zero attached hydrogens (tertiary/aromatic N) is 1. The molecule has 0 amide bonds. The minimum absolute atomic E-state index is 0.0194. The standard InChI is InChI=1S/C10H20N2O2/c1-12-4-2-3-8(12)5-10-13-7-9(6-11)14-10/h8-10H,2-7,11H2,1H3. The Hall–Kier alpha value is -0.160. The molecule has 0 bridgehead atoms. The van der Waals surface area contributed by atoms with Gasteiger partial charge in [0.2, 0.25) is 0 Å². The van der Waals surface area contributed by atoms with Gasteiger partial charge in [-0.05, 0) is 26.4 Å². The Morgan fingerprint density at radius 1 is 1.50 bits per heavy atom. The van der Waals surface area contributed by atoms with Crippen molar-refractivity contribution in [1.82, 2.24) is 4.90 Å². The smallest absolute Gasteiger partial charge is 0.159 e. The third-order valence-electron chi connectivity index (χ3n) is 3.21. The topological polar surface area (TPSA) is 47.7 Å². The highest BCUT2D eigenvalue weighted by atomic mass is 16.7. The van der Waals surface area contributed by atoms with Crippen LogP contribution in [-0.2, 0) is 9.47 Å². The fourth-order valence-electron chi connectivity index (χ4n) is 2.25. The van der Waals surface area contributed by atoms with Crippen LogP contribution in [-0.4, -0.2) is 50.1 Å². The molecular weight excluding hydrogens is 180 g/mol. The highest BCUT2D eigenvalue weighted by molar-refractivity contribution is 4.79. The van der Waals surface area contributed by atoms with Crippen LogP contribution in [0.3, 0.4) is 0 Å². The van der Waals surface area contributed by atoms with Gasteiger partial charge in [0.25, 0.3) is 0 Å². The van der Waals surface area contributed by atoms with Gasteiger partial charge in [-0.1, -0.05) is 0 Å². The van der Waals surface area contributed by atoms with E-state index in [1.807, 2.05) is 0 Å². The van der Waals surface area contributed by atoms with Crippen molar-refractivity contribution in [3.8, 4) is 0 Å². The molecule has 2 aliphatic heterocycles. The van der Waals surface area contributed by atoms with Crippen LogP contribution in [0.1, 0.15) is 19.3 Å². The highest BCUT2D eigenvalue weighted by Crippen LogP contribution is 2.23. The number of hydrogen-bond acceptors (Lipinski definition) is 4. The van der Waals surface area contributed by atoms with Crippen molar-refractivity contribution in [2.24, 2.45) is 5.73 Å². The van der Waals surface area contributed by atoms with Crippen LogP contribution in [0, 0.1) is 0 Å². The van der Waals surface area contributed by atoms with Crippen molar-refractivity contribution in [3.05, 3.63) is 0 Å². The Labute approximate surface area is 85.3 Å². The molecule has 0 aromatic heterocycles. The summed E-state index contributed by atoms with van der Waals surface area (Å²) in [7, 11) is 2.17. The van der Waals surface area contributed by atoms with Crippen molar-refractivity contribution in [1.29, 1.82) is 0 Å². The zero-order valence-corrected chi connectivity index (χ0v) is 8.82. The number of nitrogens with two attached hydrogens (primary N) is 1. The molecule has 0 aromatic rings. The van der Waals surface area contributed by atoms with Crippen molar-refractivity contribution in [2.45, 2.75) is 37.7 Å². The van der Waals surface area contributed by atoms with Gasteiger partial charge in [0, 0.05) is 19.0 Å². The van der Waals surface area contributed by atoms with E-state index in [-0.39, 0.29) is 12.4 Å². The first-order valence-electron chi connectivity index (χ1n) is 5.47. The summed E-state index contributed by atoms with van der Waals surface area (Å²) < 4.78 is 11.2. The number of hydrogen-bond donors (Lipinski definition) is 1. The molecule has 0 radical (unpaired) electrons. The van der Waals surface area contributed by atoms with Crippen LogP contribution < -0.4 is 5.73 Å². The Balaban J connectivity index is 1.75. The van der Waals surface area contributed by atoms with Crippen LogP contribution in [0.5, 0.6) is 0 Å². The van der Waals surface area contributed by atoms with Crippen molar-refractivity contribution in [2.75, 3.05) is 26.7 Å². The second-order valence-corrected chi connectivity index (χ2v) is 4.27. The Bertz CT molecular complexity index is 189. The lowest BCUT2D eigenvalue weighted by atomic mass is 10.1. The quantitative estimate of drug-likeness (QED) is 0.705. The predicted molar refractivity (Wildman–Crippen MR) is 53.9 cm³/mol. The maximum atomic E-state index is 5.65. The molecule has 14 heavy (non-hydrogen) atoms. The molecule has 82 valence electrons. The van der Waals surface area contributed by atoms with E-state index in [4.69, 9.17) is 15.2 Å². The maximum Gasteiger partial charge on any atom is 0.159 e. The molecule has 0 saturated carbocycles. The van der Waals surface area contributed by atoms with Gasteiger partial charge in [-0.25, -0.2) is 0 Å². The van der Waals surface area contributed by atoms with Gasteiger partial charge in [0.1, 0.15) is 0 Å². The van der Waals surface area contributed by atoms with Gasteiger partial charge >= 0.3 is 0 Å². The molecular formula is C10H20N2O2. The minimum atomic E-state index is -0.0194. The van der Waals surface area contributed by atoms with Crippen LogP contribution in [0.25, 0.3) is 0 Å². The number of ether oxygens (including phenoxy) is 2. The first-order chi connectivity index (χ1) is 6.79. The Morgan fingerprint density at radius 3 is 2.93 bits per heavy atom. The summed E-state index contributed by atoms with van der Waals surface area (Å²) in [5, 5.41) is 0. The first kappa shape index (κ1) is 10.4. The zero-order valence-electron chi connectivity index (χ0n) is 8.82. The van der Waals surface area contributed by atoms with Gasteiger partial charge in [-0.3, -0.25) is 0 Å². The van der Waals surface area contributed by atoms with Gasteiger partial charge in [0.05, 0.1) is 12.7 Å². The van der Waals surface area contributed by atoms with Crippen LogP contribution >= 0.6 is 0 Å². The normalized spacial score (nSPS) is 39.4. The minimum Gasteiger partial charge on any atom is -0.350 e. The van der Waals surface area contributed by atoms with Crippen LogP contribution in [0.2, 0.25) is 0 Å². The molecule has 2 fully saturated rings. The fourth-order valence-corrected chi connectivity index (χ4v) is 2.25. The SMILES string of the molecule is CN1CCCC1CC1OCC(CN)O1. The lowest BCUT2D eigenvalue weighted by Gasteiger charge is -2.21. The van der Waals surface area contributed by atoms with E-state index in [0.29, 0.717) is 19.2 Å². The fraction of sp³-hybridized carbons (Fsp3) is 1.00. The summed E-state index contributed by atoms with van der Waals surface area (Å²) in [6, 6.07) is 0.636. The van der Waals surface area contributed by atoms with E-state index in [2.05, 4.69) is 11.9 Å². The van der Waals surface area contributed by atoms with E-state index < -0.39 is 0 Å². The second-order valence-electron chi connectivity index (χ2n) is 4.27. The molecule has 0 aliphatic carbocycles. The van der Waals surface area contributed by atoms with Crippen molar-refractivity contribution < 1.29 is 9.47 Å². The number of rotatable bonds is 3. The van der Waals surface area contributed by atoms with E-state index in [1.165, 1.54) is 19.4 Å². The van der Waals surface area contributed by atoms with Crippen LogP contribution in [0.15, 0.2) is 0 Å². The van der Waals surface area contributed by atoms with Gasteiger partial charge < -0.3 is 20.1 Å². The van der Waals surface area contributed by atoms with Crippen LogP contribution in [0.4, 0.5) is 0 Å². The third-order valence-corrected chi connectivity index (χ3v) is 3.21. The summed E-state index contributed by atoms with van der Waals surface area (Å²) in [6.07, 6.45) is 3.66. The van der Waals surface area contributed by atoms with E-state index in [9.17, 15) is 0 Å². The van der Waals surface area contributed by atoms with Gasteiger partial charge in [0.15, 0.2) is 6.29 Å². The molecule has 0 aromatic carbocycles. The van der Waals surface area contributed by atoms with Gasteiger partial charge in [-0.15, -0.1) is 0 Å². The summed E-state index contributed by atoms with van der Waals surface area (Å²) in [5.74, 6) is 0. The van der Waals surface area contributed by atoms with Gasteiger partial charge in [-0.2, -0.15) is 0 Å². The third kappa shape index (κ3) is 2.25. The molecule has 2 aliphatic rings. The van der Waals surface area contributed by atoms with E-state index in [1.54, 1.807) is 0 Å². The summed E-state index contributed by atoms with van der Waals surface area (Å²) >= 11 is 0. The average Bonchev–Trinajstić information content (AvgIpc) is 2.77. The van der Waals surface area contributed by atoms with E-state index in [0.717, 1.165) is 6.42 Å². The lowest BCUT2D eigenvalue weighted by molar-refractivity contribution is -0.0707. The molecule has 2 N–H and O–H groups in total. The lowest BCUT2D eigenvalue weighted by Crippen LogP contribution is -2.30. The number of likely N-dealkylation sites (tertiary alicyclic amines) is 1. The van der Waals surface area contributed by atoms with E-state index >= 15 is 0 Å². The monoisotopic (exact) mass is 200 g/mol. The molecule has 3 unspecified atom stereocenters.